The molecule has 0 aromatic heterocycles. The maximum absolute atomic E-state index is 11.6. The van der Waals surface area contributed by atoms with Crippen LogP contribution in [-0.4, -0.2) is 36.9 Å². The lowest BCUT2D eigenvalue weighted by molar-refractivity contribution is 0.101. The van der Waals surface area contributed by atoms with Gasteiger partial charge in [-0.3, -0.25) is 4.79 Å². The lowest BCUT2D eigenvalue weighted by atomic mass is 10.0. The number of nitrogens with zero attached hydrogens (tertiary/aromatic N) is 1. The molecule has 4 heteroatoms. The van der Waals surface area contributed by atoms with Gasteiger partial charge in [-0.05, 0) is 58.0 Å². The Balaban J connectivity index is 1.92. The largest absolute Gasteiger partial charge is 0.493 e. The zero-order chi connectivity index (χ0) is 14.5. The van der Waals surface area contributed by atoms with E-state index in [0.717, 1.165) is 10.9 Å². The van der Waals surface area contributed by atoms with Crippen molar-refractivity contribution in [3.8, 4) is 5.75 Å². The van der Waals surface area contributed by atoms with Gasteiger partial charge >= 0.3 is 0 Å². The molecule has 0 aliphatic carbocycles. The maximum Gasteiger partial charge on any atom is 0.163 e. The van der Waals surface area contributed by atoms with E-state index < -0.39 is 0 Å². The first-order valence-electron chi connectivity index (χ1n) is 7.21. The van der Waals surface area contributed by atoms with E-state index in [9.17, 15) is 4.79 Å². The predicted molar refractivity (Wildman–Crippen MR) is 84.5 cm³/mol. The molecule has 0 spiro atoms. The van der Waals surface area contributed by atoms with E-state index in [-0.39, 0.29) is 5.78 Å². The summed E-state index contributed by atoms with van der Waals surface area (Å²) >= 11 is 3.39. The SMILES string of the molecule is CC(=O)c1cc(Br)ccc1OCCC1CCCCN1C. The van der Waals surface area contributed by atoms with Crippen molar-refractivity contribution in [2.45, 2.75) is 38.6 Å². The highest BCUT2D eigenvalue weighted by Gasteiger charge is 2.19. The summed E-state index contributed by atoms with van der Waals surface area (Å²) in [6.45, 7) is 3.42. The average molecular weight is 340 g/mol. The van der Waals surface area contributed by atoms with Crippen LogP contribution in [0.25, 0.3) is 0 Å². The molecule has 1 aliphatic heterocycles. The van der Waals surface area contributed by atoms with E-state index in [2.05, 4.69) is 27.9 Å². The van der Waals surface area contributed by atoms with Crippen LogP contribution in [-0.2, 0) is 0 Å². The quantitative estimate of drug-likeness (QED) is 0.762. The number of piperidine rings is 1. The lowest BCUT2D eigenvalue weighted by Gasteiger charge is -2.32. The average Bonchev–Trinajstić information content (AvgIpc) is 2.42. The molecule has 0 saturated carbocycles. The van der Waals surface area contributed by atoms with E-state index in [1.165, 1.54) is 25.8 Å². The molecule has 1 aliphatic rings. The monoisotopic (exact) mass is 339 g/mol. The van der Waals surface area contributed by atoms with Gasteiger partial charge in [-0.1, -0.05) is 22.4 Å². The van der Waals surface area contributed by atoms with Crippen LogP contribution < -0.4 is 4.74 Å². The van der Waals surface area contributed by atoms with Crippen molar-refractivity contribution in [1.82, 2.24) is 4.90 Å². The van der Waals surface area contributed by atoms with Crippen LogP contribution in [0.5, 0.6) is 5.75 Å². The van der Waals surface area contributed by atoms with Crippen molar-refractivity contribution in [2.75, 3.05) is 20.2 Å². The summed E-state index contributed by atoms with van der Waals surface area (Å²) in [5.41, 5.74) is 0.649. The van der Waals surface area contributed by atoms with Crippen LogP contribution in [0.3, 0.4) is 0 Å². The summed E-state index contributed by atoms with van der Waals surface area (Å²) in [7, 11) is 2.18. The molecule has 1 unspecified atom stereocenters. The molecule has 110 valence electrons. The van der Waals surface area contributed by atoms with Gasteiger partial charge in [0.15, 0.2) is 5.78 Å². The second-order valence-electron chi connectivity index (χ2n) is 5.46. The molecule has 0 N–H and O–H groups in total. The molecule has 1 aromatic rings. The minimum Gasteiger partial charge on any atom is -0.493 e. The fourth-order valence-corrected chi connectivity index (χ4v) is 3.08. The molecule has 3 nitrogen and oxygen atoms in total. The minimum absolute atomic E-state index is 0.0380. The topological polar surface area (TPSA) is 29.5 Å². The van der Waals surface area contributed by atoms with Gasteiger partial charge in [-0.25, -0.2) is 0 Å². The van der Waals surface area contributed by atoms with E-state index in [4.69, 9.17) is 4.74 Å². The number of carbonyl (C=O) groups excluding carboxylic acids is 1. The molecule has 1 aromatic carbocycles. The van der Waals surface area contributed by atoms with E-state index in [0.29, 0.717) is 24.0 Å². The fourth-order valence-electron chi connectivity index (χ4n) is 2.72. The molecule has 2 rings (SSSR count). The van der Waals surface area contributed by atoms with Crippen LogP contribution >= 0.6 is 15.9 Å². The Morgan fingerprint density at radius 3 is 2.95 bits per heavy atom. The molecule has 0 bridgehead atoms. The zero-order valence-corrected chi connectivity index (χ0v) is 13.8. The van der Waals surface area contributed by atoms with Crippen LogP contribution in [0, 0.1) is 0 Å². The lowest BCUT2D eigenvalue weighted by Crippen LogP contribution is -2.37. The van der Waals surface area contributed by atoms with Crippen LogP contribution in [0.15, 0.2) is 22.7 Å². The minimum atomic E-state index is 0.0380. The van der Waals surface area contributed by atoms with Crippen molar-refractivity contribution in [2.24, 2.45) is 0 Å². The molecule has 1 heterocycles. The number of likely N-dealkylation sites (tertiary alicyclic amines) is 1. The van der Waals surface area contributed by atoms with Gasteiger partial charge < -0.3 is 9.64 Å². The second kappa shape index (κ2) is 7.23. The summed E-state index contributed by atoms with van der Waals surface area (Å²) in [6, 6.07) is 6.21. The van der Waals surface area contributed by atoms with Crippen molar-refractivity contribution in [3.05, 3.63) is 28.2 Å². The van der Waals surface area contributed by atoms with Crippen molar-refractivity contribution >= 4 is 21.7 Å². The normalized spacial score (nSPS) is 19.9. The van der Waals surface area contributed by atoms with Crippen molar-refractivity contribution in [1.29, 1.82) is 0 Å². The van der Waals surface area contributed by atoms with E-state index >= 15 is 0 Å². The smallest absolute Gasteiger partial charge is 0.163 e. The summed E-state index contributed by atoms with van der Waals surface area (Å²) in [4.78, 5) is 14.0. The Labute approximate surface area is 129 Å². The summed E-state index contributed by atoms with van der Waals surface area (Å²) in [6.07, 6.45) is 4.88. The molecule has 1 atom stereocenters. The fraction of sp³-hybridized carbons (Fsp3) is 0.562. The molecular weight excluding hydrogens is 318 g/mol. The van der Waals surface area contributed by atoms with Gasteiger partial charge in [-0.15, -0.1) is 0 Å². The number of benzene rings is 1. The molecule has 0 amide bonds. The van der Waals surface area contributed by atoms with Crippen molar-refractivity contribution in [3.63, 3.8) is 0 Å². The number of hydrogen-bond donors (Lipinski definition) is 0. The molecular formula is C16H22BrNO2. The first kappa shape index (κ1) is 15.5. The highest BCUT2D eigenvalue weighted by molar-refractivity contribution is 9.10. The Kier molecular flexibility index (Phi) is 5.61. The number of hydrogen-bond acceptors (Lipinski definition) is 3. The highest BCUT2D eigenvalue weighted by atomic mass is 79.9. The van der Waals surface area contributed by atoms with Crippen molar-refractivity contribution < 1.29 is 9.53 Å². The van der Waals surface area contributed by atoms with Gasteiger partial charge in [-0.2, -0.15) is 0 Å². The Morgan fingerprint density at radius 2 is 2.25 bits per heavy atom. The van der Waals surface area contributed by atoms with Gasteiger partial charge in [0.2, 0.25) is 0 Å². The number of rotatable bonds is 5. The standard InChI is InChI=1S/C16H22BrNO2/c1-12(19)15-11-13(17)6-7-16(15)20-10-8-14-5-3-4-9-18(14)2/h6-7,11,14H,3-5,8-10H2,1-2H3. The summed E-state index contributed by atoms with van der Waals surface area (Å²) in [5.74, 6) is 0.732. The van der Waals surface area contributed by atoms with E-state index in [1.54, 1.807) is 6.92 Å². The maximum atomic E-state index is 11.6. The third-order valence-corrected chi connectivity index (χ3v) is 4.44. The van der Waals surface area contributed by atoms with E-state index in [1.807, 2.05) is 18.2 Å². The number of ether oxygens (including phenoxy) is 1. The molecule has 0 radical (unpaired) electrons. The highest BCUT2D eigenvalue weighted by Crippen LogP contribution is 2.24. The van der Waals surface area contributed by atoms with Gasteiger partial charge in [0.05, 0.1) is 12.2 Å². The van der Waals surface area contributed by atoms with Crippen LogP contribution in [0.2, 0.25) is 0 Å². The van der Waals surface area contributed by atoms with Gasteiger partial charge in [0.25, 0.3) is 0 Å². The Morgan fingerprint density at radius 1 is 1.45 bits per heavy atom. The van der Waals surface area contributed by atoms with Crippen LogP contribution in [0.4, 0.5) is 0 Å². The first-order chi connectivity index (χ1) is 9.58. The predicted octanol–water partition coefficient (Wildman–Crippen LogP) is 3.90. The summed E-state index contributed by atoms with van der Waals surface area (Å²) in [5, 5.41) is 0. The van der Waals surface area contributed by atoms with Gasteiger partial charge in [0, 0.05) is 10.5 Å². The summed E-state index contributed by atoms with van der Waals surface area (Å²) < 4.78 is 6.74. The van der Waals surface area contributed by atoms with Gasteiger partial charge in [0.1, 0.15) is 5.75 Å². The number of ketones is 1. The number of halogens is 1. The number of carbonyl (C=O) groups is 1. The Bertz CT molecular complexity index is 476. The molecule has 1 saturated heterocycles. The third kappa shape index (κ3) is 4.06. The molecule has 1 fully saturated rings. The Hall–Kier alpha value is -0.870. The first-order valence-corrected chi connectivity index (χ1v) is 8.01. The second-order valence-corrected chi connectivity index (χ2v) is 6.38. The third-order valence-electron chi connectivity index (χ3n) is 3.95. The zero-order valence-electron chi connectivity index (χ0n) is 12.2. The molecule has 20 heavy (non-hydrogen) atoms. The number of Topliss-reactive ketones (excluding diaryl/α,β-unsaturated/α-hetero) is 1. The van der Waals surface area contributed by atoms with Crippen LogP contribution in [0.1, 0.15) is 43.0 Å².